The number of hydrogen-bond donors (Lipinski definition) is 0. The van der Waals surface area contributed by atoms with E-state index in [0.717, 1.165) is 25.4 Å². The van der Waals surface area contributed by atoms with E-state index in [4.69, 9.17) is 28.7 Å². The first-order chi connectivity index (χ1) is 23.7. The van der Waals surface area contributed by atoms with Gasteiger partial charge in [-0.3, -0.25) is 9.59 Å². The molecule has 5 fully saturated rings. The highest BCUT2D eigenvalue weighted by atomic mass is 31.2. The number of fused-ring (bicyclic) bond motifs is 2. The minimum absolute atomic E-state index is 0.0514. The highest BCUT2D eigenvalue weighted by Crippen LogP contribution is 2.61. The van der Waals surface area contributed by atoms with Crippen molar-refractivity contribution in [2.24, 2.45) is 23.7 Å². The molecule has 5 aliphatic rings. The first-order valence-corrected chi connectivity index (χ1v) is 19.8. The van der Waals surface area contributed by atoms with Gasteiger partial charge in [-0.05, 0) is 74.4 Å². The number of carbonyl (C=O) groups excluding carboxylic acids is 2. The molecule has 4 saturated heterocycles. The van der Waals surface area contributed by atoms with Crippen LogP contribution in [0.5, 0.6) is 0 Å². The quantitative estimate of drug-likeness (QED) is 0.0985. The summed E-state index contributed by atoms with van der Waals surface area (Å²) in [4.78, 5) is 38.0. The van der Waals surface area contributed by atoms with E-state index < -0.39 is 43.2 Å². The largest absolute Gasteiger partial charge is 0.466 e. The molecule has 2 bridgehead atoms. The van der Waals surface area contributed by atoms with Gasteiger partial charge in [-0.1, -0.05) is 68.4 Å². The molecule has 3 aromatic carbocycles. The maximum Gasteiger partial charge on any atom is 0.308 e. The maximum atomic E-state index is 13.1. The molecule has 49 heavy (non-hydrogen) atoms. The van der Waals surface area contributed by atoms with E-state index in [1.807, 2.05) is 32.0 Å². The second-order valence-corrected chi connectivity index (χ2v) is 18.0. The third-order valence-corrected chi connectivity index (χ3v) is 15.9. The fraction of sp³-hybridized carbons (Fsp3) is 0.500. The van der Waals surface area contributed by atoms with Gasteiger partial charge >= 0.3 is 11.9 Å². The Morgan fingerprint density at radius 1 is 0.776 bits per heavy atom. The molecule has 1 saturated carbocycles. The zero-order chi connectivity index (χ0) is 34.1. The van der Waals surface area contributed by atoms with Crippen LogP contribution in [-0.2, 0) is 38.3 Å². The van der Waals surface area contributed by atoms with Crippen LogP contribution in [0, 0.1) is 23.7 Å². The third-order valence-electron chi connectivity index (χ3n) is 11.4. The lowest BCUT2D eigenvalue weighted by molar-refractivity contribution is -0.576. The molecule has 3 aromatic rings. The van der Waals surface area contributed by atoms with Crippen molar-refractivity contribution in [2.45, 2.75) is 89.7 Å². The van der Waals surface area contributed by atoms with Crippen LogP contribution in [0.15, 0.2) is 91.0 Å². The average Bonchev–Trinajstić information content (AvgIpc) is 3.36. The zero-order valence-electron chi connectivity index (χ0n) is 28.7. The van der Waals surface area contributed by atoms with E-state index in [2.05, 4.69) is 79.7 Å². The van der Waals surface area contributed by atoms with E-state index >= 15 is 0 Å². The SMILES string of the molecule is C[C@H]1[C@H](OC(=O)CCC(=O)OCCC[P+](c2ccccc2)(c2ccccc2)c2ccccc2)O[C@@H]2O[C@@]3(C)CC[C@H]4[C@H](C)CC[C@@H]1[C@@]24OO3. The van der Waals surface area contributed by atoms with Gasteiger partial charge in [0, 0.05) is 24.7 Å². The van der Waals surface area contributed by atoms with Crippen LogP contribution in [0.2, 0.25) is 0 Å². The molecular weight excluding hydrogens is 639 g/mol. The monoisotopic (exact) mass is 687 g/mol. The summed E-state index contributed by atoms with van der Waals surface area (Å²) in [7, 11) is -2.01. The predicted molar refractivity (Wildman–Crippen MR) is 188 cm³/mol. The summed E-state index contributed by atoms with van der Waals surface area (Å²) in [5, 5.41) is 3.88. The lowest BCUT2D eigenvalue weighted by Gasteiger charge is -2.59. The highest BCUT2D eigenvalue weighted by molar-refractivity contribution is 7.95. The molecule has 0 N–H and O–H groups in total. The van der Waals surface area contributed by atoms with Crippen molar-refractivity contribution >= 4 is 35.1 Å². The molecule has 4 heterocycles. The van der Waals surface area contributed by atoms with Gasteiger partial charge in [0.15, 0.2) is 11.9 Å². The summed E-state index contributed by atoms with van der Waals surface area (Å²) in [5.74, 6) is -1.20. The Morgan fingerprint density at radius 3 is 1.98 bits per heavy atom. The number of hydrogen-bond acceptors (Lipinski definition) is 8. The second kappa shape index (κ2) is 14.2. The second-order valence-electron chi connectivity index (χ2n) is 14.4. The van der Waals surface area contributed by atoms with Gasteiger partial charge < -0.3 is 18.9 Å². The molecule has 1 spiro atoms. The zero-order valence-corrected chi connectivity index (χ0v) is 29.6. The van der Waals surface area contributed by atoms with Crippen molar-refractivity contribution in [3.05, 3.63) is 91.0 Å². The van der Waals surface area contributed by atoms with Crippen LogP contribution in [-0.4, -0.2) is 48.7 Å². The summed E-state index contributed by atoms with van der Waals surface area (Å²) in [5.41, 5.74) is -0.721. The summed E-state index contributed by atoms with van der Waals surface area (Å²) >= 11 is 0. The van der Waals surface area contributed by atoms with Gasteiger partial charge in [-0.15, -0.1) is 0 Å². The minimum Gasteiger partial charge on any atom is -0.466 e. The van der Waals surface area contributed by atoms with Crippen molar-refractivity contribution < 1.29 is 38.3 Å². The van der Waals surface area contributed by atoms with Crippen LogP contribution in [0.3, 0.4) is 0 Å². The van der Waals surface area contributed by atoms with Crippen LogP contribution in [0.1, 0.15) is 65.7 Å². The molecule has 0 radical (unpaired) electrons. The Kier molecular flexibility index (Phi) is 9.98. The molecule has 1 aliphatic carbocycles. The molecule has 4 aliphatic heterocycles. The third kappa shape index (κ3) is 6.47. The predicted octanol–water partition coefficient (Wildman–Crippen LogP) is 6.45. The first kappa shape index (κ1) is 34.3. The van der Waals surface area contributed by atoms with E-state index in [-0.39, 0.29) is 37.2 Å². The van der Waals surface area contributed by atoms with E-state index in [1.165, 1.54) is 15.9 Å². The van der Waals surface area contributed by atoms with Crippen LogP contribution in [0.25, 0.3) is 0 Å². The minimum atomic E-state index is -2.01. The molecule has 8 nitrogen and oxygen atoms in total. The first-order valence-electron chi connectivity index (χ1n) is 17.9. The number of esters is 2. The molecular formula is C40H48O8P+. The molecule has 260 valence electrons. The number of benzene rings is 3. The van der Waals surface area contributed by atoms with Gasteiger partial charge in [0.1, 0.15) is 23.2 Å². The van der Waals surface area contributed by atoms with Gasteiger partial charge in [-0.25, -0.2) is 9.78 Å². The van der Waals surface area contributed by atoms with Crippen molar-refractivity contribution in [3.63, 3.8) is 0 Å². The Balaban J connectivity index is 0.954. The lowest BCUT2D eigenvalue weighted by atomic mass is 9.58. The van der Waals surface area contributed by atoms with Crippen LogP contribution < -0.4 is 15.9 Å². The van der Waals surface area contributed by atoms with Crippen molar-refractivity contribution in [3.8, 4) is 0 Å². The van der Waals surface area contributed by atoms with Crippen molar-refractivity contribution in [1.29, 1.82) is 0 Å². The molecule has 0 unspecified atom stereocenters. The standard InChI is InChI=1S/C40H48O8P/c1-28-20-21-34-29(2)37(45-38-40(34)33(28)24-25-39(3,46-38)47-48-40)44-36(42)23-22-35(41)43-26-13-27-49(30-14-7-4-8-15-30,31-16-9-5-10-17-31)32-18-11-6-12-19-32/h4-12,14-19,28-29,33-34,37-38H,13,20-27H2,1-3H3/q+1/t28-,29-,33+,34+,37-,38-,39-,40-/m1/s1. The fourth-order valence-electron chi connectivity index (χ4n) is 8.84. The van der Waals surface area contributed by atoms with Gasteiger partial charge in [0.2, 0.25) is 12.1 Å². The van der Waals surface area contributed by atoms with E-state index in [0.29, 0.717) is 18.8 Å². The summed E-state index contributed by atoms with van der Waals surface area (Å²) in [6.45, 7) is 6.45. The van der Waals surface area contributed by atoms with Gasteiger partial charge in [-0.2, -0.15) is 0 Å². The smallest absolute Gasteiger partial charge is 0.308 e. The van der Waals surface area contributed by atoms with Crippen LogP contribution >= 0.6 is 7.26 Å². The van der Waals surface area contributed by atoms with Gasteiger partial charge in [0.25, 0.3) is 0 Å². The Bertz CT molecular complexity index is 1490. The van der Waals surface area contributed by atoms with E-state index in [9.17, 15) is 9.59 Å². The molecule has 9 heteroatoms. The Labute approximate surface area is 290 Å². The Hall–Kier alpha value is -3.13. The summed E-state index contributed by atoms with van der Waals surface area (Å²) < 4.78 is 24.3. The van der Waals surface area contributed by atoms with Crippen LogP contribution in [0.4, 0.5) is 0 Å². The normalized spacial score (nSPS) is 32.1. The van der Waals surface area contributed by atoms with E-state index in [1.54, 1.807) is 0 Å². The van der Waals surface area contributed by atoms with Gasteiger partial charge in [0.05, 0.1) is 25.6 Å². The lowest BCUT2D eigenvalue weighted by Crippen LogP contribution is -2.70. The molecule has 0 aromatic heterocycles. The summed E-state index contributed by atoms with van der Waals surface area (Å²) in [6.07, 6.45) is 3.51. The highest BCUT2D eigenvalue weighted by Gasteiger charge is 2.69. The average molecular weight is 688 g/mol. The fourth-order valence-corrected chi connectivity index (χ4v) is 13.2. The summed E-state index contributed by atoms with van der Waals surface area (Å²) in [6, 6.07) is 32.0. The molecule has 8 rings (SSSR count). The Morgan fingerprint density at radius 2 is 1.37 bits per heavy atom. The number of ether oxygens (including phenoxy) is 4. The maximum absolute atomic E-state index is 13.1. The topological polar surface area (TPSA) is 89.5 Å². The molecule has 8 atom stereocenters. The number of rotatable bonds is 11. The molecule has 0 amide bonds. The number of carbonyl (C=O) groups is 2. The van der Waals surface area contributed by atoms with Crippen molar-refractivity contribution in [1.82, 2.24) is 0 Å². The van der Waals surface area contributed by atoms with Crippen molar-refractivity contribution in [2.75, 3.05) is 12.8 Å².